The van der Waals surface area contributed by atoms with E-state index in [-0.39, 0.29) is 0 Å². The Kier molecular flexibility index (Phi) is 3.83. The van der Waals surface area contributed by atoms with E-state index in [0.717, 1.165) is 18.9 Å². The number of hydrogen-bond acceptors (Lipinski definition) is 1. The number of hydrogen-bond donors (Lipinski definition) is 1. The molecule has 0 spiro atoms. The zero-order chi connectivity index (χ0) is 11.4. The molecule has 0 atom stereocenters. The number of benzene rings is 1. The monoisotopic (exact) mass is 220 g/mol. The molecule has 1 aliphatic rings. The SMILES string of the molecule is Cc1cccc(C)c1OCC[NH+]1CCCC1. The molecule has 0 saturated carbocycles. The Bertz CT molecular complexity index is 322. The molecule has 1 heterocycles. The average Bonchev–Trinajstić information content (AvgIpc) is 2.75. The van der Waals surface area contributed by atoms with Crippen molar-refractivity contribution in [1.29, 1.82) is 0 Å². The van der Waals surface area contributed by atoms with E-state index in [1.165, 1.54) is 37.1 Å². The van der Waals surface area contributed by atoms with Gasteiger partial charge in [0, 0.05) is 12.8 Å². The number of quaternary nitrogens is 1. The number of ether oxygens (including phenoxy) is 1. The molecule has 1 saturated heterocycles. The zero-order valence-electron chi connectivity index (χ0n) is 10.4. The van der Waals surface area contributed by atoms with Gasteiger partial charge in [-0.3, -0.25) is 0 Å². The van der Waals surface area contributed by atoms with Crippen molar-refractivity contribution in [2.75, 3.05) is 26.2 Å². The lowest BCUT2D eigenvalue weighted by Crippen LogP contribution is -3.10. The van der Waals surface area contributed by atoms with Gasteiger partial charge in [-0.15, -0.1) is 0 Å². The van der Waals surface area contributed by atoms with Crippen LogP contribution in [-0.4, -0.2) is 26.2 Å². The van der Waals surface area contributed by atoms with Gasteiger partial charge in [0.2, 0.25) is 0 Å². The van der Waals surface area contributed by atoms with E-state index in [1.807, 2.05) is 0 Å². The van der Waals surface area contributed by atoms with E-state index in [4.69, 9.17) is 4.74 Å². The van der Waals surface area contributed by atoms with Crippen molar-refractivity contribution in [1.82, 2.24) is 0 Å². The maximum Gasteiger partial charge on any atom is 0.137 e. The summed E-state index contributed by atoms with van der Waals surface area (Å²) in [6.07, 6.45) is 2.78. The van der Waals surface area contributed by atoms with Crippen molar-refractivity contribution in [2.45, 2.75) is 26.7 Å². The second kappa shape index (κ2) is 5.35. The summed E-state index contributed by atoms with van der Waals surface area (Å²) in [4.78, 5) is 1.70. The lowest BCUT2D eigenvalue weighted by Gasteiger charge is -2.15. The van der Waals surface area contributed by atoms with Crippen LogP contribution >= 0.6 is 0 Å². The van der Waals surface area contributed by atoms with E-state index in [0.29, 0.717) is 0 Å². The van der Waals surface area contributed by atoms with Crippen LogP contribution in [0.3, 0.4) is 0 Å². The molecule has 88 valence electrons. The number of aryl methyl sites for hydroxylation is 2. The first-order chi connectivity index (χ1) is 7.77. The highest BCUT2D eigenvalue weighted by Gasteiger charge is 2.15. The largest absolute Gasteiger partial charge is 0.487 e. The highest BCUT2D eigenvalue weighted by Crippen LogP contribution is 2.21. The highest BCUT2D eigenvalue weighted by atomic mass is 16.5. The van der Waals surface area contributed by atoms with Gasteiger partial charge in [0.05, 0.1) is 13.1 Å². The maximum atomic E-state index is 5.91. The Morgan fingerprint density at radius 1 is 1.12 bits per heavy atom. The van der Waals surface area contributed by atoms with Crippen LogP contribution in [-0.2, 0) is 0 Å². The molecule has 0 aromatic heterocycles. The molecule has 1 fully saturated rings. The summed E-state index contributed by atoms with van der Waals surface area (Å²) in [6, 6.07) is 6.32. The Morgan fingerprint density at radius 2 is 1.75 bits per heavy atom. The summed E-state index contributed by atoms with van der Waals surface area (Å²) in [5.41, 5.74) is 2.49. The quantitative estimate of drug-likeness (QED) is 0.809. The molecule has 2 rings (SSSR count). The third-order valence-corrected chi connectivity index (χ3v) is 3.42. The molecular formula is C14H22NO+. The summed E-state index contributed by atoms with van der Waals surface area (Å²) in [6.45, 7) is 8.89. The van der Waals surface area contributed by atoms with Gasteiger partial charge in [0.15, 0.2) is 0 Å². The molecule has 1 aromatic carbocycles. The molecular weight excluding hydrogens is 198 g/mol. The van der Waals surface area contributed by atoms with Crippen molar-refractivity contribution in [3.8, 4) is 5.75 Å². The second-order valence-electron chi connectivity index (χ2n) is 4.78. The fourth-order valence-electron chi connectivity index (χ4n) is 2.45. The van der Waals surface area contributed by atoms with Crippen LogP contribution in [0, 0.1) is 13.8 Å². The first-order valence-corrected chi connectivity index (χ1v) is 6.30. The van der Waals surface area contributed by atoms with Crippen LogP contribution in [0.25, 0.3) is 0 Å². The summed E-state index contributed by atoms with van der Waals surface area (Å²) >= 11 is 0. The molecule has 1 aliphatic heterocycles. The van der Waals surface area contributed by atoms with Crippen molar-refractivity contribution in [3.63, 3.8) is 0 Å². The Morgan fingerprint density at radius 3 is 2.38 bits per heavy atom. The predicted molar refractivity (Wildman–Crippen MR) is 66.2 cm³/mol. The normalized spacial score (nSPS) is 16.6. The molecule has 1 N–H and O–H groups in total. The standard InChI is InChI=1S/C14H21NO/c1-12-6-5-7-13(2)14(12)16-11-10-15-8-3-4-9-15/h5-7H,3-4,8-11H2,1-2H3/p+1. The van der Waals surface area contributed by atoms with Crippen molar-refractivity contribution >= 4 is 0 Å². The lowest BCUT2D eigenvalue weighted by molar-refractivity contribution is -0.887. The van der Waals surface area contributed by atoms with E-state index in [2.05, 4.69) is 32.0 Å². The van der Waals surface area contributed by atoms with Crippen molar-refractivity contribution in [2.24, 2.45) is 0 Å². The van der Waals surface area contributed by atoms with Crippen molar-refractivity contribution in [3.05, 3.63) is 29.3 Å². The van der Waals surface area contributed by atoms with E-state index in [9.17, 15) is 0 Å². The van der Waals surface area contributed by atoms with Crippen LogP contribution in [0.15, 0.2) is 18.2 Å². The maximum absolute atomic E-state index is 5.91. The van der Waals surface area contributed by atoms with Crippen molar-refractivity contribution < 1.29 is 9.64 Å². The van der Waals surface area contributed by atoms with Gasteiger partial charge >= 0.3 is 0 Å². The van der Waals surface area contributed by atoms with Gasteiger partial charge in [-0.1, -0.05) is 18.2 Å². The third-order valence-electron chi connectivity index (χ3n) is 3.42. The van der Waals surface area contributed by atoms with Crippen LogP contribution in [0.4, 0.5) is 0 Å². The molecule has 0 bridgehead atoms. The molecule has 16 heavy (non-hydrogen) atoms. The Labute approximate surface area is 98.2 Å². The molecule has 0 unspecified atom stereocenters. The van der Waals surface area contributed by atoms with Gasteiger partial charge in [-0.25, -0.2) is 0 Å². The highest BCUT2D eigenvalue weighted by molar-refractivity contribution is 5.39. The number of nitrogens with one attached hydrogen (secondary N) is 1. The predicted octanol–water partition coefficient (Wildman–Crippen LogP) is 1.36. The Hall–Kier alpha value is -1.02. The van der Waals surface area contributed by atoms with Gasteiger partial charge < -0.3 is 9.64 Å². The van der Waals surface area contributed by atoms with Gasteiger partial charge in [0.1, 0.15) is 18.9 Å². The molecule has 0 radical (unpaired) electrons. The van der Waals surface area contributed by atoms with E-state index < -0.39 is 0 Å². The first-order valence-electron chi connectivity index (χ1n) is 6.30. The smallest absolute Gasteiger partial charge is 0.137 e. The summed E-state index contributed by atoms with van der Waals surface area (Å²) in [5, 5.41) is 0. The Balaban J connectivity index is 1.84. The first kappa shape index (κ1) is 11.5. The minimum atomic E-state index is 0.848. The van der Waals surface area contributed by atoms with Crippen LogP contribution in [0.1, 0.15) is 24.0 Å². The third kappa shape index (κ3) is 2.76. The van der Waals surface area contributed by atoms with Crippen LogP contribution in [0.5, 0.6) is 5.75 Å². The van der Waals surface area contributed by atoms with Crippen LogP contribution in [0.2, 0.25) is 0 Å². The summed E-state index contributed by atoms with van der Waals surface area (Å²) < 4.78 is 5.91. The lowest BCUT2D eigenvalue weighted by atomic mass is 10.1. The molecule has 0 aliphatic carbocycles. The topological polar surface area (TPSA) is 13.7 Å². The molecule has 2 nitrogen and oxygen atoms in total. The molecule has 1 aromatic rings. The van der Waals surface area contributed by atoms with E-state index >= 15 is 0 Å². The zero-order valence-corrected chi connectivity index (χ0v) is 10.4. The fraction of sp³-hybridized carbons (Fsp3) is 0.571. The molecule has 2 heteroatoms. The average molecular weight is 220 g/mol. The number of rotatable bonds is 4. The minimum Gasteiger partial charge on any atom is -0.487 e. The minimum absolute atomic E-state index is 0.848. The molecule has 0 amide bonds. The summed E-state index contributed by atoms with van der Waals surface area (Å²) in [7, 11) is 0. The van der Waals surface area contributed by atoms with Crippen LogP contribution < -0.4 is 9.64 Å². The van der Waals surface area contributed by atoms with Gasteiger partial charge in [0.25, 0.3) is 0 Å². The second-order valence-corrected chi connectivity index (χ2v) is 4.78. The van der Waals surface area contributed by atoms with E-state index in [1.54, 1.807) is 4.90 Å². The van der Waals surface area contributed by atoms with Gasteiger partial charge in [-0.05, 0) is 25.0 Å². The van der Waals surface area contributed by atoms with Gasteiger partial charge in [-0.2, -0.15) is 0 Å². The number of para-hydroxylation sites is 1. The summed E-state index contributed by atoms with van der Waals surface area (Å²) in [5.74, 6) is 1.08. The fourth-order valence-corrected chi connectivity index (χ4v) is 2.45. The number of likely N-dealkylation sites (tertiary alicyclic amines) is 1.